The molecule has 12 heavy (non-hydrogen) atoms. The molecule has 1 aromatic heterocycles. The summed E-state index contributed by atoms with van der Waals surface area (Å²) in [6, 6.07) is 0. The largest absolute Gasteiger partial charge is 1.00 e. The minimum atomic E-state index is -2.30. The van der Waals surface area contributed by atoms with Crippen LogP contribution in [0.25, 0.3) is 0 Å². The Kier molecular flexibility index (Phi) is 4.98. The fraction of sp³-hybridized carbons (Fsp3) is 0.400. The number of aryl methyl sites for hydroxylation is 2. The molecule has 4 nitrogen and oxygen atoms in total. The molecular formula is C5H6ClN2NaO2S. The monoisotopic (exact) mass is 216 g/mol. The van der Waals surface area contributed by atoms with Crippen LogP contribution in [-0.4, -0.2) is 18.5 Å². The van der Waals surface area contributed by atoms with E-state index in [0.29, 0.717) is 5.69 Å². The van der Waals surface area contributed by atoms with Crippen molar-refractivity contribution in [2.45, 2.75) is 11.8 Å². The van der Waals surface area contributed by atoms with Crippen LogP contribution in [0.1, 0.15) is 5.69 Å². The summed E-state index contributed by atoms with van der Waals surface area (Å²) in [6.45, 7) is 1.59. The first kappa shape index (κ1) is 12.6. The van der Waals surface area contributed by atoms with Crippen molar-refractivity contribution >= 4 is 22.7 Å². The Morgan fingerprint density at radius 3 is 2.33 bits per heavy atom. The summed E-state index contributed by atoms with van der Waals surface area (Å²) in [6.07, 6.45) is 0. The van der Waals surface area contributed by atoms with Crippen molar-refractivity contribution in [3.63, 3.8) is 0 Å². The number of hydrogen-bond acceptors (Lipinski definition) is 3. The van der Waals surface area contributed by atoms with Gasteiger partial charge < -0.3 is 4.55 Å². The average Bonchev–Trinajstić information content (AvgIpc) is 2.07. The standard InChI is InChI=1S/C5H7ClN2O2S.Na/c1-3-4(11(9)10)5(6)8(2)7-3;/h1-2H3,(H,9,10);/q;+1/p-1. The van der Waals surface area contributed by atoms with Gasteiger partial charge in [0.15, 0.2) is 0 Å². The molecule has 1 rings (SSSR count). The molecule has 1 heterocycles. The molecule has 0 bridgehead atoms. The molecular weight excluding hydrogens is 211 g/mol. The molecule has 1 aromatic rings. The smallest absolute Gasteiger partial charge is 0.768 e. The van der Waals surface area contributed by atoms with E-state index in [1.54, 1.807) is 14.0 Å². The first-order chi connectivity index (χ1) is 5.04. The van der Waals surface area contributed by atoms with Crippen molar-refractivity contribution < 1.29 is 38.3 Å². The zero-order chi connectivity index (χ0) is 8.59. The number of halogens is 1. The van der Waals surface area contributed by atoms with E-state index < -0.39 is 11.1 Å². The van der Waals surface area contributed by atoms with Crippen LogP contribution in [0.5, 0.6) is 0 Å². The molecule has 0 fully saturated rings. The van der Waals surface area contributed by atoms with Crippen molar-refractivity contribution in [2.75, 3.05) is 0 Å². The Morgan fingerprint density at radius 2 is 2.17 bits per heavy atom. The van der Waals surface area contributed by atoms with Gasteiger partial charge in [0.25, 0.3) is 0 Å². The van der Waals surface area contributed by atoms with Gasteiger partial charge in [0.2, 0.25) is 0 Å². The summed E-state index contributed by atoms with van der Waals surface area (Å²) in [4.78, 5) is 0.0779. The first-order valence-electron chi connectivity index (χ1n) is 2.82. The van der Waals surface area contributed by atoms with Gasteiger partial charge in [-0.2, -0.15) is 5.10 Å². The van der Waals surface area contributed by atoms with Gasteiger partial charge in [0, 0.05) is 7.05 Å². The molecule has 7 heteroatoms. The number of rotatable bonds is 1. The predicted octanol–water partition coefficient (Wildman–Crippen LogP) is -2.38. The molecule has 0 N–H and O–H groups in total. The zero-order valence-corrected chi connectivity index (χ0v) is 10.6. The Hall–Kier alpha value is 0.610. The molecule has 0 amide bonds. The van der Waals surface area contributed by atoms with Crippen molar-refractivity contribution in [1.82, 2.24) is 9.78 Å². The Labute approximate surface area is 99.9 Å². The second-order valence-corrected chi connectivity index (χ2v) is 3.30. The second-order valence-electron chi connectivity index (χ2n) is 2.06. The van der Waals surface area contributed by atoms with Crippen LogP contribution in [0, 0.1) is 6.92 Å². The Morgan fingerprint density at radius 1 is 1.67 bits per heavy atom. The summed E-state index contributed by atoms with van der Waals surface area (Å²) in [7, 11) is 1.59. The van der Waals surface area contributed by atoms with Gasteiger partial charge in [0.1, 0.15) is 5.15 Å². The van der Waals surface area contributed by atoms with Crippen molar-refractivity contribution in [3.8, 4) is 0 Å². The number of hydrogen-bond donors (Lipinski definition) is 0. The van der Waals surface area contributed by atoms with Crippen LogP contribution in [-0.2, 0) is 18.1 Å². The summed E-state index contributed by atoms with van der Waals surface area (Å²) in [5, 5.41) is 3.97. The van der Waals surface area contributed by atoms with Crippen molar-refractivity contribution in [2.24, 2.45) is 7.05 Å². The normalized spacial score (nSPS) is 12.3. The van der Waals surface area contributed by atoms with E-state index in [0.717, 1.165) is 0 Å². The van der Waals surface area contributed by atoms with Crippen molar-refractivity contribution in [3.05, 3.63) is 10.8 Å². The van der Waals surface area contributed by atoms with Crippen LogP contribution in [0.3, 0.4) is 0 Å². The van der Waals surface area contributed by atoms with Gasteiger partial charge in [-0.1, -0.05) is 11.6 Å². The third-order valence-electron chi connectivity index (χ3n) is 1.27. The summed E-state index contributed by atoms with van der Waals surface area (Å²) in [5.74, 6) is 0. The minimum absolute atomic E-state index is 0. The molecule has 0 aliphatic rings. The maximum absolute atomic E-state index is 10.5. The summed E-state index contributed by atoms with van der Waals surface area (Å²) < 4.78 is 22.4. The van der Waals surface area contributed by atoms with E-state index in [2.05, 4.69) is 5.10 Å². The van der Waals surface area contributed by atoms with Gasteiger partial charge in [-0.05, 0) is 18.0 Å². The minimum Gasteiger partial charge on any atom is -0.768 e. The molecule has 0 saturated carbocycles. The van der Waals surface area contributed by atoms with E-state index in [1.165, 1.54) is 4.68 Å². The molecule has 0 spiro atoms. The first-order valence-corrected chi connectivity index (χ1v) is 4.27. The third-order valence-corrected chi connectivity index (χ3v) is 2.63. The average molecular weight is 217 g/mol. The van der Waals surface area contributed by atoms with Crippen LogP contribution in [0.2, 0.25) is 5.15 Å². The van der Waals surface area contributed by atoms with Crippen LogP contribution < -0.4 is 29.6 Å². The van der Waals surface area contributed by atoms with Gasteiger partial charge in [-0.3, -0.25) is 8.89 Å². The summed E-state index contributed by atoms with van der Waals surface area (Å²) in [5.41, 5.74) is 0.422. The van der Waals surface area contributed by atoms with E-state index in [4.69, 9.17) is 11.6 Å². The molecule has 0 aliphatic carbocycles. The fourth-order valence-corrected chi connectivity index (χ4v) is 1.72. The Balaban J connectivity index is 0.00000121. The van der Waals surface area contributed by atoms with Crippen molar-refractivity contribution in [1.29, 1.82) is 0 Å². The number of aromatic nitrogens is 2. The molecule has 0 radical (unpaired) electrons. The molecule has 0 aliphatic heterocycles. The number of nitrogens with zero attached hydrogens (tertiary/aromatic N) is 2. The van der Waals surface area contributed by atoms with E-state index in [-0.39, 0.29) is 39.6 Å². The summed E-state index contributed by atoms with van der Waals surface area (Å²) >= 11 is 3.32. The molecule has 62 valence electrons. The second kappa shape index (κ2) is 4.74. The zero-order valence-electron chi connectivity index (χ0n) is 7.00. The van der Waals surface area contributed by atoms with E-state index >= 15 is 0 Å². The molecule has 1 unspecified atom stereocenters. The van der Waals surface area contributed by atoms with Crippen LogP contribution in [0.4, 0.5) is 0 Å². The van der Waals surface area contributed by atoms with Gasteiger partial charge in [0.05, 0.1) is 10.6 Å². The third kappa shape index (κ3) is 2.31. The van der Waals surface area contributed by atoms with Crippen LogP contribution >= 0.6 is 11.6 Å². The predicted molar refractivity (Wildman–Crippen MR) is 40.1 cm³/mol. The van der Waals surface area contributed by atoms with Gasteiger partial charge in [-0.15, -0.1) is 0 Å². The van der Waals surface area contributed by atoms with E-state index in [1.807, 2.05) is 0 Å². The SMILES string of the molecule is Cc1nn(C)c(Cl)c1S(=O)[O-].[Na+]. The Bertz CT molecular complexity index is 315. The fourth-order valence-electron chi connectivity index (χ4n) is 0.800. The quantitative estimate of drug-likeness (QED) is 0.389. The maximum atomic E-state index is 10.5. The molecule has 0 saturated heterocycles. The van der Waals surface area contributed by atoms with Crippen LogP contribution in [0.15, 0.2) is 4.90 Å². The molecule has 1 atom stereocenters. The van der Waals surface area contributed by atoms with Gasteiger partial charge in [-0.25, -0.2) is 0 Å². The molecule has 0 aromatic carbocycles. The van der Waals surface area contributed by atoms with E-state index in [9.17, 15) is 8.76 Å². The maximum Gasteiger partial charge on any atom is 1.00 e. The topological polar surface area (TPSA) is 58.0 Å². The van der Waals surface area contributed by atoms with Gasteiger partial charge >= 0.3 is 29.6 Å².